The molecule has 3 aromatic rings. The van der Waals surface area contributed by atoms with Crippen LogP contribution in [0.1, 0.15) is 12.0 Å². The molecule has 33 heavy (non-hydrogen) atoms. The Morgan fingerprint density at radius 1 is 1.18 bits per heavy atom. The zero-order valence-electron chi connectivity index (χ0n) is 17.4. The lowest BCUT2D eigenvalue weighted by Crippen LogP contribution is -2.39. The van der Waals surface area contributed by atoms with E-state index in [0.29, 0.717) is 30.0 Å². The van der Waals surface area contributed by atoms with Gasteiger partial charge < -0.3 is 4.74 Å². The predicted octanol–water partition coefficient (Wildman–Crippen LogP) is 1.74. The highest BCUT2D eigenvalue weighted by molar-refractivity contribution is 7.89. The number of rotatable bonds is 11. The average molecular weight is 495 g/mol. The van der Waals surface area contributed by atoms with Gasteiger partial charge in [0.1, 0.15) is 12.1 Å². The lowest BCUT2D eigenvalue weighted by Gasteiger charge is -2.21. The van der Waals surface area contributed by atoms with Crippen molar-refractivity contribution in [2.75, 3.05) is 13.2 Å². The van der Waals surface area contributed by atoms with E-state index in [2.05, 4.69) is 22.1 Å². The average Bonchev–Trinajstić information content (AvgIpc) is 3.34. The molecule has 0 bridgehead atoms. The maximum atomic E-state index is 13.2. The molecule has 0 unspecified atom stereocenters. The van der Waals surface area contributed by atoms with E-state index in [9.17, 15) is 13.2 Å². The topological polar surface area (TPSA) is 140 Å². The van der Waals surface area contributed by atoms with E-state index in [-0.39, 0.29) is 23.8 Å². The second-order valence-corrected chi connectivity index (χ2v) is 8.56. The molecule has 0 aliphatic carbocycles. The van der Waals surface area contributed by atoms with Gasteiger partial charge in [0.25, 0.3) is 5.91 Å². The summed E-state index contributed by atoms with van der Waals surface area (Å²) in [5.74, 6) is -0.341. The third kappa shape index (κ3) is 6.83. The van der Waals surface area contributed by atoms with Crippen molar-refractivity contribution in [3.05, 3.63) is 73.1 Å². The first-order valence-corrected chi connectivity index (χ1v) is 11.0. The molecule has 11 nitrogen and oxygen atoms in total. The molecule has 2 N–H and O–H groups in total. The molecule has 2 aromatic carbocycles. The molecule has 0 aliphatic heterocycles. The zero-order valence-corrected chi connectivity index (χ0v) is 19.1. The van der Waals surface area contributed by atoms with Crippen LogP contribution in [0.4, 0.5) is 0 Å². The predicted molar refractivity (Wildman–Crippen MR) is 121 cm³/mol. The minimum Gasteiger partial charge on any atom is -0.493 e. The first-order valence-electron chi connectivity index (χ1n) is 9.53. The molecule has 1 amide bonds. The lowest BCUT2D eigenvalue weighted by atomic mass is 10.2. The van der Waals surface area contributed by atoms with Crippen LogP contribution in [-0.2, 0) is 21.4 Å². The molecule has 0 saturated carbocycles. The molecule has 1 aromatic heterocycles. The van der Waals surface area contributed by atoms with E-state index < -0.39 is 22.5 Å². The second kappa shape index (κ2) is 12.1. The lowest BCUT2D eigenvalue weighted by molar-refractivity contribution is -0.129. The SMILES string of the molecule is C=CCCOc1ccc(S(=O)(=O)N(CC(=O)NO)Cc2ccc(-n3cnnn3)cc2)cc1.Cl. The highest BCUT2D eigenvalue weighted by Gasteiger charge is 2.27. The fraction of sp³-hybridized carbons (Fsp3) is 0.200. The van der Waals surface area contributed by atoms with Crippen LogP contribution in [0.25, 0.3) is 5.69 Å². The van der Waals surface area contributed by atoms with E-state index >= 15 is 0 Å². The Morgan fingerprint density at radius 3 is 2.45 bits per heavy atom. The number of benzene rings is 2. The van der Waals surface area contributed by atoms with E-state index in [0.717, 1.165) is 4.31 Å². The molecule has 1 heterocycles. The van der Waals surface area contributed by atoms with Gasteiger partial charge in [0.05, 0.1) is 23.7 Å². The number of carbonyl (C=O) groups excluding carboxylic acids is 1. The molecule has 0 aliphatic rings. The Morgan fingerprint density at radius 2 is 1.88 bits per heavy atom. The van der Waals surface area contributed by atoms with Crippen molar-refractivity contribution in [2.24, 2.45) is 0 Å². The second-order valence-electron chi connectivity index (χ2n) is 6.63. The quantitative estimate of drug-likeness (QED) is 0.178. The van der Waals surface area contributed by atoms with Crippen molar-refractivity contribution in [2.45, 2.75) is 17.9 Å². The first-order chi connectivity index (χ1) is 15.4. The monoisotopic (exact) mass is 494 g/mol. The standard InChI is InChI=1S/C20H22N6O5S.ClH/c1-2-3-12-31-18-8-10-19(11-9-18)32(29,30)25(14-20(27)22-28)13-16-4-6-17(7-5-16)26-15-21-23-24-26;/h2,4-11,15,28H,1,3,12-14H2,(H,22,27);1H. The number of halogens is 1. The Hall–Kier alpha value is -3.32. The number of sulfonamides is 1. The summed E-state index contributed by atoms with van der Waals surface area (Å²) in [7, 11) is -4.05. The molecule has 0 atom stereocenters. The number of amides is 1. The van der Waals surface area contributed by atoms with E-state index in [4.69, 9.17) is 9.94 Å². The molecule has 13 heteroatoms. The normalized spacial score (nSPS) is 11.0. The number of hydrogen-bond acceptors (Lipinski definition) is 8. The fourth-order valence-electron chi connectivity index (χ4n) is 2.78. The van der Waals surface area contributed by atoms with Gasteiger partial charge in [-0.05, 0) is 58.8 Å². The summed E-state index contributed by atoms with van der Waals surface area (Å²) in [4.78, 5) is 11.8. The zero-order chi connectivity index (χ0) is 23.0. The van der Waals surface area contributed by atoms with Gasteiger partial charge in [-0.3, -0.25) is 10.0 Å². The van der Waals surface area contributed by atoms with Crippen LogP contribution in [0, 0.1) is 0 Å². The van der Waals surface area contributed by atoms with E-state index in [1.165, 1.54) is 28.6 Å². The first kappa shape index (κ1) is 25.9. The number of ether oxygens (including phenoxy) is 1. The number of hydroxylamine groups is 1. The van der Waals surface area contributed by atoms with Gasteiger partial charge in [0.2, 0.25) is 10.0 Å². The van der Waals surface area contributed by atoms with Gasteiger partial charge in [0, 0.05) is 6.54 Å². The number of aromatic nitrogens is 4. The molecule has 0 spiro atoms. The largest absolute Gasteiger partial charge is 0.493 e. The van der Waals surface area contributed by atoms with Crippen molar-refractivity contribution in [3.8, 4) is 11.4 Å². The Kier molecular flexibility index (Phi) is 9.48. The minimum atomic E-state index is -4.05. The molecule has 176 valence electrons. The van der Waals surface area contributed by atoms with Crippen LogP contribution < -0.4 is 10.2 Å². The molecular weight excluding hydrogens is 472 g/mol. The van der Waals surface area contributed by atoms with Crippen LogP contribution in [-0.4, -0.2) is 57.2 Å². The van der Waals surface area contributed by atoms with Gasteiger partial charge in [-0.2, -0.15) is 4.31 Å². The van der Waals surface area contributed by atoms with E-state index in [1.807, 2.05) is 0 Å². The summed E-state index contributed by atoms with van der Waals surface area (Å²) in [5.41, 5.74) is 2.79. The number of nitrogens with zero attached hydrogens (tertiary/aromatic N) is 5. The molecular formula is C20H23ClN6O5S. The Balaban J connectivity index is 0.00000385. The van der Waals surface area contributed by atoms with Gasteiger partial charge in [0.15, 0.2) is 0 Å². The summed E-state index contributed by atoms with van der Waals surface area (Å²) in [5, 5.41) is 19.8. The highest BCUT2D eigenvalue weighted by atomic mass is 35.5. The molecule has 3 rings (SSSR count). The smallest absolute Gasteiger partial charge is 0.258 e. The van der Waals surface area contributed by atoms with Crippen molar-refractivity contribution in [3.63, 3.8) is 0 Å². The summed E-state index contributed by atoms with van der Waals surface area (Å²) in [6.45, 7) is 3.39. The van der Waals surface area contributed by atoms with Crippen molar-refractivity contribution < 1.29 is 23.2 Å². The van der Waals surface area contributed by atoms with Crippen LogP contribution >= 0.6 is 12.4 Å². The highest BCUT2D eigenvalue weighted by Crippen LogP contribution is 2.22. The van der Waals surface area contributed by atoms with Crippen LogP contribution in [0.3, 0.4) is 0 Å². The molecule has 0 saturated heterocycles. The maximum absolute atomic E-state index is 13.2. The van der Waals surface area contributed by atoms with Gasteiger partial charge in [-0.1, -0.05) is 18.2 Å². The van der Waals surface area contributed by atoms with Crippen LogP contribution in [0.15, 0.2) is 72.4 Å². The summed E-state index contributed by atoms with van der Waals surface area (Å²) >= 11 is 0. The third-order valence-corrected chi connectivity index (χ3v) is 6.21. The Labute approximate surface area is 197 Å². The maximum Gasteiger partial charge on any atom is 0.258 e. The van der Waals surface area contributed by atoms with Crippen molar-refractivity contribution in [1.82, 2.24) is 30.0 Å². The third-order valence-electron chi connectivity index (χ3n) is 4.41. The molecule has 0 radical (unpaired) electrons. The summed E-state index contributed by atoms with van der Waals surface area (Å²) < 4.78 is 34.3. The number of tetrazole rings is 1. The van der Waals surface area contributed by atoms with Gasteiger partial charge in [-0.25, -0.2) is 18.6 Å². The number of nitrogens with one attached hydrogen (secondary N) is 1. The number of hydrogen-bond donors (Lipinski definition) is 2. The van der Waals surface area contributed by atoms with Crippen molar-refractivity contribution in [1.29, 1.82) is 0 Å². The minimum absolute atomic E-state index is 0. The Bertz CT molecular complexity index is 1140. The van der Waals surface area contributed by atoms with E-state index in [1.54, 1.807) is 42.5 Å². The summed E-state index contributed by atoms with van der Waals surface area (Å²) in [6, 6.07) is 12.7. The summed E-state index contributed by atoms with van der Waals surface area (Å²) in [6.07, 6.45) is 3.82. The molecule has 0 fully saturated rings. The van der Waals surface area contributed by atoms with Crippen molar-refractivity contribution >= 4 is 28.3 Å². The van der Waals surface area contributed by atoms with Crippen LogP contribution in [0.5, 0.6) is 5.75 Å². The van der Waals surface area contributed by atoms with Gasteiger partial charge >= 0.3 is 0 Å². The number of carbonyl (C=O) groups is 1. The fourth-order valence-corrected chi connectivity index (χ4v) is 4.16. The van der Waals surface area contributed by atoms with Gasteiger partial charge in [-0.15, -0.1) is 24.1 Å². The van der Waals surface area contributed by atoms with Crippen LogP contribution in [0.2, 0.25) is 0 Å².